The molecule has 4 nitrogen and oxygen atoms in total. The third kappa shape index (κ3) is 1.33. The van der Waals surface area contributed by atoms with Crippen molar-refractivity contribution in [2.45, 2.75) is 31.6 Å². The predicted octanol–water partition coefficient (Wildman–Crippen LogP) is 3.41. The van der Waals surface area contributed by atoms with Gasteiger partial charge >= 0.3 is 0 Å². The van der Waals surface area contributed by atoms with E-state index in [0.717, 1.165) is 12.8 Å². The number of rotatable bonds is 1. The van der Waals surface area contributed by atoms with Gasteiger partial charge in [0.2, 0.25) is 0 Å². The number of benzene rings is 1. The van der Waals surface area contributed by atoms with Gasteiger partial charge in [0.15, 0.2) is 10.8 Å². The molecule has 22 heavy (non-hydrogen) atoms. The largest absolute Gasteiger partial charge is 0.196 e. The first-order chi connectivity index (χ1) is 10.7. The summed E-state index contributed by atoms with van der Waals surface area (Å²) < 4.78 is 0. The molecule has 0 heterocycles. The van der Waals surface area contributed by atoms with Gasteiger partial charge in [-0.2, -0.15) is 21.0 Å². The van der Waals surface area contributed by atoms with Crippen molar-refractivity contribution in [2.75, 3.05) is 0 Å². The van der Waals surface area contributed by atoms with Crippen molar-refractivity contribution in [3.8, 4) is 24.3 Å². The van der Waals surface area contributed by atoms with Gasteiger partial charge in [-0.15, -0.1) is 0 Å². The van der Waals surface area contributed by atoms with Gasteiger partial charge < -0.3 is 0 Å². The molecular formula is C18H14N4. The topological polar surface area (TPSA) is 95.2 Å². The fraction of sp³-hybridized carbons (Fsp3) is 0.444. The van der Waals surface area contributed by atoms with Gasteiger partial charge in [0.25, 0.3) is 0 Å². The molecular weight excluding hydrogens is 272 g/mol. The molecule has 4 heteroatoms. The number of hydrogen-bond donors (Lipinski definition) is 0. The van der Waals surface area contributed by atoms with Crippen LogP contribution in [0.25, 0.3) is 0 Å². The smallest absolute Gasteiger partial charge is 0.184 e. The molecule has 1 aromatic carbocycles. The Balaban J connectivity index is 1.91. The van der Waals surface area contributed by atoms with Crippen LogP contribution in [0.5, 0.6) is 0 Å². The van der Waals surface area contributed by atoms with Crippen molar-refractivity contribution in [3.63, 3.8) is 0 Å². The normalized spacial score (nSPS) is 23.5. The summed E-state index contributed by atoms with van der Waals surface area (Å²) >= 11 is 0. The number of nitrogens with zero attached hydrogens (tertiary/aromatic N) is 4. The first-order valence-corrected chi connectivity index (χ1v) is 7.37. The van der Waals surface area contributed by atoms with Gasteiger partial charge in [-0.3, -0.25) is 0 Å². The molecule has 0 aromatic heterocycles. The predicted molar refractivity (Wildman–Crippen MR) is 77.4 cm³/mol. The Hall–Kier alpha value is -2.82. The van der Waals surface area contributed by atoms with E-state index < -0.39 is 16.2 Å². The van der Waals surface area contributed by atoms with Crippen molar-refractivity contribution in [3.05, 3.63) is 35.9 Å². The molecule has 0 unspecified atom stereocenters. The molecule has 0 saturated heterocycles. The van der Waals surface area contributed by atoms with E-state index >= 15 is 0 Å². The van der Waals surface area contributed by atoms with Crippen LogP contribution in [0.15, 0.2) is 30.3 Å². The molecule has 1 spiro atoms. The van der Waals surface area contributed by atoms with Gasteiger partial charge in [-0.05, 0) is 37.2 Å². The molecule has 1 aromatic rings. The van der Waals surface area contributed by atoms with Gasteiger partial charge in [-0.1, -0.05) is 30.3 Å². The van der Waals surface area contributed by atoms with Gasteiger partial charge in [0, 0.05) is 5.41 Å². The summed E-state index contributed by atoms with van der Waals surface area (Å²) in [7, 11) is 0. The molecule has 0 amide bonds. The van der Waals surface area contributed by atoms with Crippen LogP contribution in [0.1, 0.15) is 37.2 Å². The first-order valence-electron chi connectivity index (χ1n) is 7.37. The lowest BCUT2D eigenvalue weighted by molar-refractivity contribution is 0.260. The summed E-state index contributed by atoms with van der Waals surface area (Å²) in [4.78, 5) is 0. The summed E-state index contributed by atoms with van der Waals surface area (Å²) in [6.07, 6.45) is 2.77. The molecule has 2 saturated carbocycles. The second-order valence-electron chi connectivity index (χ2n) is 6.21. The van der Waals surface area contributed by atoms with Crippen LogP contribution < -0.4 is 0 Å². The summed E-state index contributed by atoms with van der Waals surface area (Å²) in [5, 5.41) is 37.9. The standard InChI is InChI=1S/C18H14N4/c19-10-17(11-20)16(18(17,12-21)13-22)8-6-15(7-9-16)14-4-2-1-3-5-14/h1-5,15H,6-9H2. The van der Waals surface area contributed by atoms with Crippen molar-refractivity contribution in [1.29, 1.82) is 21.0 Å². The van der Waals surface area contributed by atoms with E-state index in [1.54, 1.807) is 0 Å². The highest BCUT2D eigenvalue weighted by molar-refractivity contribution is 5.56. The minimum Gasteiger partial charge on any atom is -0.196 e. The second-order valence-corrected chi connectivity index (χ2v) is 6.21. The Morgan fingerprint density at radius 1 is 0.773 bits per heavy atom. The van der Waals surface area contributed by atoms with Gasteiger partial charge in [0.05, 0.1) is 24.3 Å². The third-order valence-electron chi connectivity index (χ3n) is 5.72. The summed E-state index contributed by atoms with van der Waals surface area (Å²) in [6, 6.07) is 18.2. The van der Waals surface area contributed by atoms with Crippen molar-refractivity contribution >= 4 is 0 Å². The summed E-state index contributed by atoms with van der Waals surface area (Å²) in [5.74, 6) is 0.373. The monoisotopic (exact) mass is 286 g/mol. The summed E-state index contributed by atoms with van der Waals surface area (Å²) in [5.41, 5.74) is -2.47. The van der Waals surface area contributed by atoms with E-state index in [0.29, 0.717) is 18.8 Å². The molecule has 2 aliphatic rings. The Labute approximate surface area is 129 Å². The average molecular weight is 286 g/mol. The minimum absolute atomic E-state index is 0.373. The molecule has 0 atom stereocenters. The SMILES string of the molecule is N#CC1(C#N)C(C#N)(C#N)C12CCC(c1ccccc1)CC2. The van der Waals surface area contributed by atoms with Crippen LogP contribution in [0.3, 0.4) is 0 Å². The van der Waals surface area contributed by atoms with Crippen LogP contribution in [0.2, 0.25) is 0 Å². The quantitative estimate of drug-likeness (QED) is 0.790. The lowest BCUT2D eigenvalue weighted by atomic mass is 9.72. The van der Waals surface area contributed by atoms with Gasteiger partial charge in [0.1, 0.15) is 0 Å². The van der Waals surface area contributed by atoms with Crippen molar-refractivity contribution < 1.29 is 0 Å². The van der Waals surface area contributed by atoms with Crippen molar-refractivity contribution in [2.24, 2.45) is 16.2 Å². The lowest BCUT2D eigenvalue weighted by Crippen LogP contribution is -2.21. The maximum absolute atomic E-state index is 9.48. The summed E-state index contributed by atoms with van der Waals surface area (Å²) in [6.45, 7) is 0. The zero-order valence-corrected chi connectivity index (χ0v) is 12.1. The second kappa shape index (κ2) is 4.59. The zero-order valence-electron chi connectivity index (χ0n) is 12.1. The maximum atomic E-state index is 9.48. The van der Waals surface area contributed by atoms with Crippen LogP contribution in [0.4, 0.5) is 0 Å². The van der Waals surface area contributed by atoms with Crippen molar-refractivity contribution in [1.82, 2.24) is 0 Å². The van der Waals surface area contributed by atoms with Crippen LogP contribution in [-0.2, 0) is 0 Å². The van der Waals surface area contributed by atoms with Gasteiger partial charge in [-0.25, -0.2) is 0 Å². The number of nitriles is 4. The molecule has 0 aliphatic heterocycles. The minimum atomic E-state index is -1.47. The first kappa shape index (κ1) is 14.1. The molecule has 2 aliphatic carbocycles. The Kier molecular flexibility index (Phi) is 2.95. The highest BCUT2D eigenvalue weighted by Gasteiger charge is 2.90. The number of hydrogen-bond acceptors (Lipinski definition) is 4. The lowest BCUT2D eigenvalue weighted by Gasteiger charge is -2.30. The fourth-order valence-electron chi connectivity index (χ4n) is 4.42. The van der Waals surface area contributed by atoms with Crippen LogP contribution in [-0.4, -0.2) is 0 Å². The van der Waals surface area contributed by atoms with E-state index in [1.165, 1.54) is 5.56 Å². The molecule has 0 N–H and O–H groups in total. The molecule has 0 radical (unpaired) electrons. The van der Waals surface area contributed by atoms with E-state index in [2.05, 4.69) is 12.1 Å². The van der Waals surface area contributed by atoms with E-state index in [1.807, 2.05) is 42.5 Å². The average Bonchev–Trinajstić information content (AvgIpc) is 3.10. The Morgan fingerprint density at radius 2 is 1.23 bits per heavy atom. The Bertz CT molecular complexity index is 691. The Morgan fingerprint density at radius 3 is 1.64 bits per heavy atom. The molecule has 2 fully saturated rings. The van der Waals surface area contributed by atoms with E-state index in [4.69, 9.17) is 0 Å². The molecule has 3 rings (SSSR count). The van der Waals surface area contributed by atoms with E-state index in [-0.39, 0.29) is 0 Å². The fourth-order valence-corrected chi connectivity index (χ4v) is 4.42. The molecule has 106 valence electrons. The van der Waals surface area contributed by atoms with E-state index in [9.17, 15) is 21.0 Å². The molecule has 0 bridgehead atoms. The van der Waals surface area contributed by atoms with Crippen LogP contribution >= 0.6 is 0 Å². The third-order valence-corrected chi connectivity index (χ3v) is 5.72. The highest BCUT2D eigenvalue weighted by atomic mass is 14.9. The zero-order chi connectivity index (χ0) is 15.8. The highest BCUT2D eigenvalue weighted by Crippen LogP contribution is 2.82. The van der Waals surface area contributed by atoms with Crippen LogP contribution in [0, 0.1) is 61.6 Å². The maximum Gasteiger partial charge on any atom is 0.184 e.